The van der Waals surface area contributed by atoms with Crippen molar-refractivity contribution < 1.29 is 26.6 Å². The minimum atomic E-state index is -0.385. The number of rotatable bonds is 3. The molecule has 1 aliphatic rings. The first-order valence-electron chi connectivity index (χ1n) is 5.45. The van der Waals surface area contributed by atoms with E-state index in [0.29, 0.717) is 0 Å². The van der Waals surface area contributed by atoms with Crippen LogP contribution in [0.3, 0.4) is 0 Å². The van der Waals surface area contributed by atoms with Crippen LogP contribution in [-0.2, 0) is 26.6 Å². The molecule has 0 N–H and O–H groups in total. The van der Waals surface area contributed by atoms with E-state index in [1.165, 1.54) is 6.08 Å². The smallest absolute Gasteiger partial charge is 0.457 e. The SMILES string of the molecule is C=CC(=O)OC(C)c1ccc[cH-]1.[CH]1[CH][CH-]C=C1.[Fe+2]. The van der Waals surface area contributed by atoms with Crippen molar-refractivity contribution in [2.45, 2.75) is 13.0 Å². The number of hydrogen-bond acceptors (Lipinski definition) is 2. The van der Waals surface area contributed by atoms with Crippen LogP contribution in [-0.4, -0.2) is 5.97 Å². The average molecular weight is 284 g/mol. The molecule has 0 aromatic heterocycles. The topological polar surface area (TPSA) is 26.3 Å². The van der Waals surface area contributed by atoms with Crippen molar-refractivity contribution >= 4 is 5.97 Å². The van der Waals surface area contributed by atoms with Gasteiger partial charge in [-0.2, -0.15) is 12.1 Å². The van der Waals surface area contributed by atoms with Crippen molar-refractivity contribution in [1.82, 2.24) is 0 Å². The zero-order valence-electron chi connectivity index (χ0n) is 10.2. The fourth-order valence-corrected chi connectivity index (χ4v) is 1.27. The molecule has 1 aliphatic carbocycles. The van der Waals surface area contributed by atoms with Gasteiger partial charge in [-0.3, -0.25) is 0 Å². The first kappa shape index (κ1) is 16.7. The standard InChI is InChI=1S/C10H11O2.C5H5.Fe/c1-3-10(11)12-8(2)9-6-4-5-7-9;1-2-4-5-3-1;/h3-8H,1H2,2H3;1-5H;/q2*-1;+2. The van der Waals surface area contributed by atoms with E-state index in [0.717, 1.165) is 5.56 Å². The molecule has 1 unspecified atom stereocenters. The predicted octanol–water partition coefficient (Wildman–Crippen LogP) is 3.36. The summed E-state index contributed by atoms with van der Waals surface area (Å²) in [5.74, 6) is -0.385. The predicted molar refractivity (Wildman–Crippen MR) is 68.8 cm³/mol. The molecule has 1 atom stereocenters. The normalized spacial score (nSPS) is 13.4. The Bertz CT molecular complexity index is 360. The third-order valence-electron chi connectivity index (χ3n) is 2.17. The van der Waals surface area contributed by atoms with Gasteiger partial charge >= 0.3 is 23.0 Å². The number of allylic oxidation sites excluding steroid dienone is 2. The molecule has 0 spiro atoms. The number of carbonyl (C=O) groups excluding carboxylic acids is 1. The van der Waals surface area contributed by atoms with E-state index in [4.69, 9.17) is 4.74 Å². The maximum Gasteiger partial charge on any atom is 2.00 e. The summed E-state index contributed by atoms with van der Waals surface area (Å²) in [6.45, 7) is 5.15. The Morgan fingerprint density at radius 1 is 1.56 bits per heavy atom. The van der Waals surface area contributed by atoms with Crippen LogP contribution < -0.4 is 0 Å². The van der Waals surface area contributed by atoms with Crippen LogP contribution >= 0.6 is 0 Å². The molecule has 0 fully saturated rings. The Labute approximate surface area is 120 Å². The Balaban J connectivity index is 0.000000405. The van der Waals surface area contributed by atoms with E-state index < -0.39 is 0 Å². The van der Waals surface area contributed by atoms with Gasteiger partial charge in [-0.25, -0.2) is 35.5 Å². The molecule has 3 heteroatoms. The van der Waals surface area contributed by atoms with E-state index in [9.17, 15) is 4.79 Å². The summed E-state index contributed by atoms with van der Waals surface area (Å²) in [6.07, 6.45) is 11.0. The first-order chi connectivity index (χ1) is 8.24. The van der Waals surface area contributed by atoms with E-state index in [1.807, 2.05) is 62.6 Å². The van der Waals surface area contributed by atoms with Gasteiger partial charge in [0.1, 0.15) is 6.10 Å². The number of ether oxygens (including phenoxy) is 1. The summed E-state index contributed by atoms with van der Waals surface area (Å²) >= 11 is 0. The quantitative estimate of drug-likeness (QED) is 0.368. The molecule has 0 amide bonds. The Morgan fingerprint density at radius 2 is 2.33 bits per heavy atom. The van der Waals surface area contributed by atoms with Gasteiger partial charge < -0.3 is 4.74 Å². The van der Waals surface area contributed by atoms with Crippen molar-refractivity contribution in [2.24, 2.45) is 0 Å². The van der Waals surface area contributed by atoms with Gasteiger partial charge in [0.25, 0.3) is 0 Å². The minimum absolute atomic E-state index is 0. The summed E-state index contributed by atoms with van der Waals surface area (Å²) in [7, 11) is 0. The van der Waals surface area contributed by atoms with Crippen LogP contribution in [0.2, 0.25) is 0 Å². The van der Waals surface area contributed by atoms with Crippen molar-refractivity contribution in [3.05, 3.63) is 73.9 Å². The molecule has 1 aromatic rings. The van der Waals surface area contributed by atoms with Crippen LogP contribution in [0.25, 0.3) is 0 Å². The fourth-order valence-electron chi connectivity index (χ4n) is 1.27. The van der Waals surface area contributed by atoms with Gasteiger partial charge in [0, 0.05) is 6.08 Å². The third kappa shape index (κ3) is 6.43. The van der Waals surface area contributed by atoms with Gasteiger partial charge in [-0.15, -0.1) is 18.4 Å². The van der Waals surface area contributed by atoms with Gasteiger partial charge in [0.2, 0.25) is 0 Å². The van der Waals surface area contributed by atoms with Gasteiger partial charge in [0.05, 0.1) is 0 Å². The Hall–Kier alpha value is -1.31. The van der Waals surface area contributed by atoms with Crippen LogP contribution in [0, 0.1) is 19.3 Å². The summed E-state index contributed by atoms with van der Waals surface area (Å²) in [4.78, 5) is 10.8. The molecule has 0 heterocycles. The summed E-state index contributed by atoms with van der Waals surface area (Å²) in [5, 5.41) is 0. The monoisotopic (exact) mass is 284 g/mol. The second-order valence-corrected chi connectivity index (χ2v) is 3.46. The van der Waals surface area contributed by atoms with Crippen molar-refractivity contribution in [2.75, 3.05) is 0 Å². The fraction of sp³-hybridized carbons (Fsp3) is 0.133. The molecular weight excluding hydrogens is 268 g/mol. The van der Waals surface area contributed by atoms with Crippen LogP contribution in [0.5, 0.6) is 0 Å². The number of esters is 1. The Kier molecular flexibility index (Phi) is 8.99. The number of hydrogen-bond donors (Lipinski definition) is 0. The number of carbonyl (C=O) groups is 1. The van der Waals surface area contributed by atoms with Crippen molar-refractivity contribution in [3.63, 3.8) is 0 Å². The summed E-state index contributed by atoms with van der Waals surface area (Å²) in [5.41, 5.74) is 1.00. The molecule has 96 valence electrons. The molecular formula is C15H16FeO2. The third-order valence-corrected chi connectivity index (χ3v) is 2.17. The van der Waals surface area contributed by atoms with E-state index in [1.54, 1.807) is 0 Å². The largest absolute Gasteiger partial charge is 2.00 e. The molecule has 2 radical (unpaired) electrons. The molecule has 1 aromatic carbocycles. The maximum atomic E-state index is 10.8. The molecule has 2 nitrogen and oxygen atoms in total. The molecule has 0 saturated heterocycles. The minimum Gasteiger partial charge on any atom is -0.457 e. The second kappa shape index (κ2) is 9.69. The average Bonchev–Trinajstić information content (AvgIpc) is 3.04. The van der Waals surface area contributed by atoms with Crippen LogP contribution in [0.1, 0.15) is 18.6 Å². The molecule has 18 heavy (non-hydrogen) atoms. The summed E-state index contributed by atoms with van der Waals surface area (Å²) < 4.78 is 4.99. The maximum absolute atomic E-state index is 10.8. The molecule has 0 saturated carbocycles. The molecule has 0 aliphatic heterocycles. The van der Waals surface area contributed by atoms with E-state index in [-0.39, 0.29) is 29.1 Å². The zero-order valence-corrected chi connectivity index (χ0v) is 11.3. The van der Waals surface area contributed by atoms with Crippen LogP contribution in [0.15, 0.2) is 49.1 Å². The van der Waals surface area contributed by atoms with Gasteiger partial charge in [-0.1, -0.05) is 6.58 Å². The van der Waals surface area contributed by atoms with Crippen molar-refractivity contribution in [3.8, 4) is 0 Å². The molecule has 2 rings (SSSR count). The van der Waals surface area contributed by atoms with Crippen LogP contribution in [0.4, 0.5) is 0 Å². The summed E-state index contributed by atoms with van der Waals surface area (Å²) in [6, 6.07) is 7.66. The second-order valence-electron chi connectivity index (χ2n) is 3.46. The molecule has 0 bridgehead atoms. The van der Waals surface area contributed by atoms with Gasteiger partial charge in [0.15, 0.2) is 0 Å². The van der Waals surface area contributed by atoms with E-state index >= 15 is 0 Å². The van der Waals surface area contributed by atoms with Crippen molar-refractivity contribution in [1.29, 1.82) is 0 Å². The van der Waals surface area contributed by atoms with Gasteiger partial charge in [-0.05, 0) is 6.92 Å². The zero-order chi connectivity index (χ0) is 12.5. The Morgan fingerprint density at radius 3 is 2.72 bits per heavy atom. The van der Waals surface area contributed by atoms with E-state index in [2.05, 4.69) is 6.58 Å². The first-order valence-corrected chi connectivity index (χ1v) is 5.45.